The SMILES string of the molecule is Oc1ccc(F)cc1CCC[CH]1CN(CC(O)C2CCc3cc(F)ccc3O2)[CH2][Pb]1. The molecule has 2 aliphatic rings. The van der Waals surface area contributed by atoms with Gasteiger partial charge in [0.2, 0.25) is 0 Å². The van der Waals surface area contributed by atoms with Crippen molar-refractivity contribution in [3.05, 3.63) is 59.2 Å². The third kappa shape index (κ3) is 5.50. The summed E-state index contributed by atoms with van der Waals surface area (Å²) in [4.78, 5) is 2.36. The summed E-state index contributed by atoms with van der Waals surface area (Å²) in [5.74, 6) is 0.301. The first kappa shape index (κ1) is 22.0. The quantitative estimate of drug-likeness (QED) is 0.472. The second-order valence-electron chi connectivity index (χ2n) is 8.27. The van der Waals surface area contributed by atoms with Gasteiger partial charge in [-0.2, -0.15) is 0 Å². The molecular formula is C23H27F2NO3Pb. The molecule has 2 N–H and O–H groups in total. The Morgan fingerprint density at radius 3 is 2.83 bits per heavy atom. The van der Waals surface area contributed by atoms with E-state index < -0.39 is 30.3 Å². The fraction of sp³-hybridized carbons (Fsp3) is 0.478. The normalized spacial score (nSPS) is 22.5. The Hall–Kier alpha value is -1.26. The number of aryl methyl sites for hydroxylation is 2. The number of aliphatic hydroxyl groups excluding tert-OH is 1. The van der Waals surface area contributed by atoms with Crippen LogP contribution in [-0.4, -0.2) is 68.8 Å². The van der Waals surface area contributed by atoms with Gasteiger partial charge >= 0.3 is 189 Å². The summed E-state index contributed by atoms with van der Waals surface area (Å²) in [6.07, 6.45) is 3.38. The van der Waals surface area contributed by atoms with Gasteiger partial charge in [0.15, 0.2) is 0 Å². The van der Waals surface area contributed by atoms with E-state index in [1.165, 1.54) is 30.3 Å². The van der Waals surface area contributed by atoms with Crippen molar-refractivity contribution >= 4 is 24.2 Å². The maximum absolute atomic E-state index is 13.3. The Morgan fingerprint density at radius 2 is 1.97 bits per heavy atom. The fourth-order valence-corrected chi connectivity index (χ4v) is 10.5. The molecule has 0 saturated carbocycles. The molecule has 160 valence electrons. The van der Waals surface area contributed by atoms with Crippen LogP contribution in [-0.2, 0) is 12.8 Å². The molecule has 4 nitrogen and oxygen atoms in total. The van der Waals surface area contributed by atoms with E-state index >= 15 is 0 Å². The molecule has 7 heteroatoms. The van der Waals surface area contributed by atoms with Gasteiger partial charge in [0.1, 0.15) is 0 Å². The van der Waals surface area contributed by atoms with Crippen molar-refractivity contribution in [2.24, 2.45) is 0 Å². The molecule has 1 saturated heterocycles. The maximum atomic E-state index is 13.3. The van der Waals surface area contributed by atoms with Crippen LogP contribution in [0.5, 0.6) is 11.5 Å². The van der Waals surface area contributed by atoms with Crippen molar-refractivity contribution in [3.63, 3.8) is 0 Å². The summed E-state index contributed by atoms with van der Waals surface area (Å²) < 4.78 is 34.5. The van der Waals surface area contributed by atoms with Gasteiger partial charge in [0.25, 0.3) is 0 Å². The number of hydrogen-bond acceptors (Lipinski definition) is 4. The molecule has 30 heavy (non-hydrogen) atoms. The first-order valence-electron chi connectivity index (χ1n) is 10.5. The number of aromatic hydroxyl groups is 1. The van der Waals surface area contributed by atoms with E-state index in [2.05, 4.69) is 4.90 Å². The second-order valence-corrected chi connectivity index (χ2v) is 14.3. The molecule has 0 spiro atoms. The molecule has 2 aromatic rings. The van der Waals surface area contributed by atoms with Crippen molar-refractivity contribution in [1.82, 2.24) is 4.90 Å². The molecule has 2 heterocycles. The summed E-state index contributed by atoms with van der Waals surface area (Å²) in [5.41, 5.74) is 1.56. The molecule has 0 amide bonds. The third-order valence-electron chi connectivity index (χ3n) is 6.00. The molecule has 2 aliphatic heterocycles. The Labute approximate surface area is 188 Å². The minimum atomic E-state index is -0.761. The number of rotatable bonds is 7. The standard InChI is InChI=1S/C23H27F2NO3.Pb/c1-26(12-4-2-3-5-16-13-18(24)7-9-20(16)27)15-21(28)23-10-6-17-14-19(25)8-11-22(17)29-23;/h4,7-9,11,13-14,21,23,27-28H,1-3,5-6,10,12,15H2;. The first-order chi connectivity index (χ1) is 14.5. The van der Waals surface area contributed by atoms with E-state index in [0.29, 0.717) is 30.7 Å². The number of halogens is 2. The molecule has 3 atom stereocenters. The van der Waals surface area contributed by atoms with Gasteiger partial charge in [-0.1, -0.05) is 0 Å². The van der Waals surface area contributed by atoms with Crippen LogP contribution in [0, 0.1) is 11.6 Å². The first-order valence-corrected chi connectivity index (χ1v) is 15.5. The molecule has 2 aromatic carbocycles. The fourth-order valence-electron chi connectivity index (χ4n) is 4.36. The van der Waals surface area contributed by atoms with Crippen molar-refractivity contribution in [2.45, 2.75) is 47.8 Å². The van der Waals surface area contributed by atoms with Crippen molar-refractivity contribution in [2.75, 3.05) is 17.2 Å². The second kappa shape index (κ2) is 9.91. The van der Waals surface area contributed by atoms with Crippen molar-refractivity contribution in [1.29, 1.82) is 0 Å². The van der Waals surface area contributed by atoms with Gasteiger partial charge in [-0.3, -0.25) is 0 Å². The number of ether oxygens (including phenoxy) is 1. The summed E-state index contributed by atoms with van der Waals surface area (Å²) in [6.45, 7) is 1.64. The summed E-state index contributed by atoms with van der Waals surface area (Å²) in [7, 11) is 0. The Balaban J connectivity index is 1.21. The molecule has 0 aromatic heterocycles. The van der Waals surface area contributed by atoms with E-state index in [9.17, 15) is 19.0 Å². The van der Waals surface area contributed by atoms with Crippen LogP contribution in [0.25, 0.3) is 0 Å². The van der Waals surface area contributed by atoms with Crippen LogP contribution in [0.15, 0.2) is 36.4 Å². The van der Waals surface area contributed by atoms with E-state index in [1.807, 2.05) is 0 Å². The Kier molecular flexibility index (Phi) is 7.25. The zero-order valence-corrected chi connectivity index (χ0v) is 20.7. The number of phenols is 1. The number of phenolic OH excluding ortho intramolecular Hbond substituents is 1. The molecule has 0 aliphatic carbocycles. The van der Waals surface area contributed by atoms with Gasteiger partial charge in [-0.15, -0.1) is 0 Å². The van der Waals surface area contributed by atoms with Crippen LogP contribution in [0.1, 0.15) is 30.4 Å². The molecule has 3 unspecified atom stereocenters. The molecule has 0 bridgehead atoms. The van der Waals surface area contributed by atoms with Gasteiger partial charge in [-0.25, -0.2) is 0 Å². The number of benzene rings is 2. The van der Waals surface area contributed by atoms with Crippen LogP contribution in [0.4, 0.5) is 8.78 Å². The van der Waals surface area contributed by atoms with Gasteiger partial charge < -0.3 is 0 Å². The van der Waals surface area contributed by atoms with E-state index in [4.69, 9.17) is 4.74 Å². The predicted octanol–water partition coefficient (Wildman–Crippen LogP) is 3.51. The van der Waals surface area contributed by atoms with E-state index in [1.54, 1.807) is 6.07 Å². The van der Waals surface area contributed by atoms with Crippen molar-refractivity contribution < 1.29 is 23.7 Å². The molecular weight excluding hydrogens is 583 g/mol. The van der Waals surface area contributed by atoms with Gasteiger partial charge in [0.05, 0.1) is 0 Å². The minimum absolute atomic E-state index is 0.173. The van der Waals surface area contributed by atoms with Crippen LogP contribution < -0.4 is 4.74 Å². The van der Waals surface area contributed by atoms with Gasteiger partial charge in [-0.05, 0) is 0 Å². The monoisotopic (exact) mass is 611 g/mol. The number of nitrogens with zero attached hydrogens (tertiary/aromatic N) is 1. The summed E-state index contributed by atoms with van der Waals surface area (Å²) >= 11 is -0.761. The van der Waals surface area contributed by atoms with Crippen LogP contribution in [0.2, 0.25) is 3.48 Å². The molecule has 4 rings (SSSR count). The number of hydrogen-bond donors (Lipinski definition) is 2. The average molecular weight is 611 g/mol. The van der Waals surface area contributed by atoms with Crippen LogP contribution in [0.3, 0.4) is 0 Å². The number of fused-ring (bicyclic) bond motifs is 1. The number of β-amino-alcohol motifs (C(OH)–C–C–N with tert-alkyl or cyclic N) is 1. The van der Waals surface area contributed by atoms with E-state index in [0.717, 1.165) is 39.0 Å². The molecule has 1 fully saturated rings. The zero-order chi connectivity index (χ0) is 21.1. The predicted molar refractivity (Wildman–Crippen MR) is 112 cm³/mol. The summed E-state index contributed by atoms with van der Waals surface area (Å²) in [6, 6.07) is 8.69. The topological polar surface area (TPSA) is 52.9 Å². The Bertz CT molecular complexity index is 882. The Morgan fingerprint density at radius 1 is 1.17 bits per heavy atom. The summed E-state index contributed by atoms with van der Waals surface area (Å²) in [5, 5.41) is 20.5. The third-order valence-corrected chi connectivity index (χ3v) is 12.5. The van der Waals surface area contributed by atoms with Gasteiger partial charge in [0, 0.05) is 0 Å². The van der Waals surface area contributed by atoms with Crippen molar-refractivity contribution in [3.8, 4) is 11.5 Å². The molecule has 2 radical (unpaired) electrons. The van der Waals surface area contributed by atoms with E-state index in [-0.39, 0.29) is 23.5 Å². The van der Waals surface area contributed by atoms with Crippen LogP contribution >= 0.6 is 0 Å². The number of aliphatic hydroxyl groups is 1. The zero-order valence-electron chi connectivity index (χ0n) is 16.9. The average Bonchev–Trinajstić information content (AvgIpc) is 3.17.